The van der Waals surface area contributed by atoms with E-state index in [-0.39, 0.29) is 17.6 Å². The van der Waals surface area contributed by atoms with Crippen LogP contribution in [-0.2, 0) is 16.1 Å². The van der Waals surface area contributed by atoms with Crippen LogP contribution >= 0.6 is 0 Å². The van der Waals surface area contributed by atoms with E-state index in [1.165, 1.54) is 5.56 Å². The highest BCUT2D eigenvalue weighted by atomic mass is 16.5. The van der Waals surface area contributed by atoms with E-state index in [1.807, 2.05) is 4.90 Å². The van der Waals surface area contributed by atoms with E-state index in [0.717, 1.165) is 64.2 Å². The zero-order valence-electron chi connectivity index (χ0n) is 14.1. The lowest BCUT2D eigenvalue weighted by Gasteiger charge is -2.43. The molecule has 0 aliphatic carbocycles. The fourth-order valence-electron chi connectivity index (χ4n) is 4.33. The quantitative estimate of drug-likeness (QED) is 0.920. The molecule has 3 heterocycles. The van der Waals surface area contributed by atoms with Crippen molar-refractivity contribution < 1.29 is 14.6 Å². The van der Waals surface area contributed by atoms with Crippen LogP contribution in [-0.4, -0.2) is 53.9 Å². The fourth-order valence-corrected chi connectivity index (χ4v) is 4.33. The maximum Gasteiger partial charge on any atom is 0.227 e. The van der Waals surface area contributed by atoms with Crippen LogP contribution in [0.3, 0.4) is 0 Å². The molecule has 1 spiro atoms. The lowest BCUT2D eigenvalue weighted by atomic mass is 9.87. The number of aliphatic hydroxyl groups is 1. The van der Waals surface area contributed by atoms with E-state index in [4.69, 9.17) is 4.74 Å². The van der Waals surface area contributed by atoms with Crippen LogP contribution in [0.1, 0.15) is 37.7 Å². The minimum atomic E-state index is -0.347. The zero-order valence-corrected chi connectivity index (χ0v) is 14.1. The number of piperidine rings is 1. The summed E-state index contributed by atoms with van der Waals surface area (Å²) in [7, 11) is 0. The summed E-state index contributed by atoms with van der Waals surface area (Å²) in [5, 5.41) is 10.3. The van der Waals surface area contributed by atoms with Crippen molar-refractivity contribution in [2.75, 3.05) is 31.1 Å². The molecule has 0 saturated carbocycles. The third-order valence-corrected chi connectivity index (χ3v) is 5.68. The maximum absolute atomic E-state index is 11.8. The normalized spacial score (nSPS) is 31.3. The Balaban J connectivity index is 1.41. The molecule has 0 bridgehead atoms. The van der Waals surface area contributed by atoms with Crippen LogP contribution in [0, 0.1) is 0 Å². The SMILES string of the molecule is O=C1CCCN1c1ccc(CN2CC[C@H](O)[C@]3(CCCO3)C2)cc1. The molecule has 130 valence electrons. The number of likely N-dealkylation sites (tertiary alicyclic amines) is 1. The number of ether oxygens (including phenoxy) is 1. The van der Waals surface area contributed by atoms with Crippen molar-refractivity contribution in [2.45, 2.75) is 50.4 Å². The van der Waals surface area contributed by atoms with Gasteiger partial charge in [-0.3, -0.25) is 9.69 Å². The minimum absolute atomic E-state index is 0.230. The summed E-state index contributed by atoms with van der Waals surface area (Å²) in [5.74, 6) is 0.230. The molecule has 5 nitrogen and oxygen atoms in total. The first kappa shape index (κ1) is 16.1. The van der Waals surface area contributed by atoms with Gasteiger partial charge in [0, 0.05) is 44.9 Å². The van der Waals surface area contributed by atoms with Gasteiger partial charge in [-0.25, -0.2) is 0 Å². The summed E-state index contributed by atoms with van der Waals surface area (Å²) in [6, 6.07) is 8.35. The lowest BCUT2D eigenvalue weighted by molar-refractivity contribution is -0.132. The van der Waals surface area contributed by atoms with Gasteiger partial charge in [-0.15, -0.1) is 0 Å². The molecule has 4 rings (SSSR count). The summed E-state index contributed by atoms with van der Waals surface area (Å²) >= 11 is 0. The average Bonchev–Trinajstić information content (AvgIpc) is 3.22. The van der Waals surface area contributed by atoms with Crippen molar-refractivity contribution in [2.24, 2.45) is 0 Å². The van der Waals surface area contributed by atoms with E-state index < -0.39 is 0 Å². The number of hydrogen-bond acceptors (Lipinski definition) is 4. The van der Waals surface area contributed by atoms with Crippen molar-refractivity contribution in [1.29, 1.82) is 0 Å². The van der Waals surface area contributed by atoms with Crippen LogP contribution in [0.2, 0.25) is 0 Å². The summed E-state index contributed by atoms with van der Waals surface area (Å²) in [6.45, 7) is 4.18. The second-order valence-electron chi connectivity index (χ2n) is 7.35. The van der Waals surface area contributed by atoms with Crippen molar-refractivity contribution in [1.82, 2.24) is 4.90 Å². The zero-order chi connectivity index (χ0) is 16.6. The Bertz CT molecular complexity index is 595. The second kappa shape index (κ2) is 6.47. The average molecular weight is 330 g/mol. The Morgan fingerprint density at radius 1 is 1.21 bits per heavy atom. The van der Waals surface area contributed by atoms with Gasteiger partial charge in [0.05, 0.1) is 6.10 Å². The van der Waals surface area contributed by atoms with Crippen LogP contribution in [0.5, 0.6) is 0 Å². The van der Waals surface area contributed by atoms with Gasteiger partial charge in [-0.2, -0.15) is 0 Å². The van der Waals surface area contributed by atoms with Crippen molar-refractivity contribution in [3.8, 4) is 0 Å². The highest BCUT2D eigenvalue weighted by Gasteiger charge is 2.45. The van der Waals surface area contributed by atoms with Crippen molar-refractivity contribution in [3.63, 3.8) is 0 Å². The smallest absolute Gasteiger partial charge is 0.227 e. The number of aliphatic hydroxyl groups excluding tert-OH is 1. The first-order chi connectivity index (χ1) is 11.7. The van der Waals surface area contributed by atoms with Gasteiger partial charge in [0.15, 0.2) is 0 Å². The maximum atomic E-state index is 11.8. The number of hydrogen-bond donors (Lipinski definition) is 1. The molecule has 24 heavy (non-hydrogen) atoms. The van der Waals surface area contributed by atoms with E-state index >= 15 is 0 Å². The predicted molar refractivity (Wildman–Crippen MR) is 91.8 cm³/mol. The molecule has 1 amide bonds. The van der Waals surface area contributed by atoms with Crippen LogP contribution in [0.25, 0.3) is 0 Å². The molecule has 0 radical (unpaired) electrons. The Morgan fingerprint density at radius 3 is 2.71 bits per heavy atom. The van der Waals surface area contributed by atoms with E-state index in [1.54, 1.807) is 0 Å². The highest BCUT2D eigenvalue weighted by Crippen LogP contribution is 2.35. The van der Waals surface area contributed by atoms with Crippen molar-refractivity contribution >= 4 is 11.6 Å². The second-order valence-corrected chi connectivity index (χ2v) is 7.35. The molecule has 1 aromatic carbocycles. The van der Waals surface area contributed by atoms with E-state index in [0.29, 0.717) is 6.42 Å². The van der Waals surface area contributed by atoms with E-state index in [2.05, 4.69) is 29.2 Å². The summed E-state index contributed by atoms with van der Waals surface area (Å²) in [4.78, 5) is 16.1. The van der Waals surface area contributed by atoms with Crippen LogP contribution < -0.4 is 4.90 Å². The minimum Gasteiger partial charge on any atom is -0.390 e. The molecule has 5 heteroatoms. The van der Waals surface area contributed by atoms with Gasteiger partial charge in [0.1, 0.15) is 5.60 Å². The first-order valence-corrected chi connectivity index (χ1v) is 9.10. The van der Waals surface area contributed by atoms with Crippen LogP contribution in [0.15, 0.2) is 24.3 Å². The van der Waals surface area contributed by atoms with Gasteiger partial charge in [0.25, 0.3) is 0 Å². The third kappa shape index (κ3) is 2.96. The Hall–Kier alpha value is -1.43. The number of anilines is 1. The summed E-state index contributed by atoms with van der Waals surface area (Å²) in [5.41, 5.74) is 1.90. The van der Waals surface area contributed by atoms with Gasteiger partial charge in [-0.1, -0.05) is 12.1 Å². The molecule has 3 aliphatic rings. The molecular weight excluding hydrogens is 304 g/mol. The van der Waals surface area contributed by atoms with Gasteiger partial charge in [-0.05, 0) is 43.4 Å². The molecule has 3 fully saturated rings. The Labute approximate surface area is 143 Å². The molecule has 2 atom stereocenters. The van der Waals surface area contributed by atoms with Gasteiger partial charge in [0.2, 0.25) is 5.91 Å². The summed E-state index contributed by atoms with van der Waals surface area (Å²) in [6.07, 6.45) is 4.07. The number of amides is 1. The monoisotopic (exact) mass is 330 g/mol. The highest BCUT2D eigenvalue weighted by molar-refractivity contribution is 5.95. The van der Waals surface area contributed by atoms with Gasteiger partial charge < -0.3 is 14.7 Å². The molecule has 0 unspecified atom stereocenters. The number of nitrogens with zero attached hydrogens (tertiary/aromatic N) is 2. The molecule has 1 N–H and O–H groups in total. The summed E-state index contributed by atoms with van der Waals surface area (Å²) < 4.78 is 5.92. The number of carbonyl (C=O) groups excluding carboxylic acids is 1. The third-order valence-electron chi connectivity index (χ3n) is 5.68. The molecule has 3 aliphatic heterocycles. The number of benzene rings is 1. The molecule has 3 saturated heterocycles. The number of carbonyl (C=O) groups is 1. The Kier molecular flexibility index (Phi) is 4.33. The van der Waals surface area contributed by atoms with Crippen LogP contribution in [0.4, 0.5) is 5.69 Å². The Morgan fingerprint density at radius 2 is 2.04 bits per heavy atom. The first-order valence-electron chi connectivity index (χ1n) is 9.10. The predicted octanol–water partition coefficient (Wildman–Crippen LogP) is 1.93. The van der Waals surface area contributed by atoms with Crippen molar-refractivity contribution in [3.05, 3.63) is 29.8 Å². The molecular formula is C19H26N2O3. The number of rotatable bonds is 3. The standard InChI is InChI=1S/C19H26N2O3/c22-17-8-11-20(14-19(17)9-2-12-24-19)13-15-4-6-16(7-5-15)21-10-1-3-18(21)23/h4-7,17,22H,1-3,8-14H2/t17-,19-/m0/s1. The molecule has 0 aromatic heterocycles. The topological polar surface area (TPSA) is 53.0 Å². The largest absolute Gasteiger partial charge is 0.390 e. The lowest BCUT2D eigenvalue weighted by Crippen LogP contribution is -2.56. The van der Waals surface area contributed by atoms with Gasteiger partial charge >= 0.3 is 0 Å². The van der Waals surface area contributed by atoms with E-state index in [9.17, 15) is 9.90 Å². The molecule has 1 aromatic rings. The fraction of sp³-hybridized carbons (Fsp3) is 0.632.